The molecule has 9 nitrogen and oxygen atoms in total. The summed E-state index contributed by atoms with van der Waals surface area (Å²) in [7, 11) is 1.64. The lowest BCUT2D eigenvalue weighted by Gasteiger charge is -2.33. The van der Waals surface area contributed by atoms with Gasteiger partial charge in [0.2, 0.25) is 5.91 Å². The van der Waals surface area contributed by atoms with Crippen molar-refractivity contribution in [1.29, 1.82) is 0 Å². The summed E-state index contributed by atoms with van der Waals surface area (Å²) in [5.74, 6) is 0.858. The van der Waals surface area contributed by atoms with Crippen molar-refractivity contribution in [3.63, 3.8) is 0 Å². The largest absolute Gasteiger partial charge is 0.497 e. The van der Waals surface area contributed by atoms with E-state index in [4.69, 9.17) is 14.5 Å². The van der Waals surface area contributed by atoms with Crippen LogP contribution in [0, 0.1) is 0 Å². The molecule has 1 aromatic carbocycles. The lowest BCUT2D eigenvalue weighted by atomic mass is 10.1. The van der Waals surface area contributed by atoms with Crippen LogP contribution in [-0.4, -0.2) is 62.8 Å². The Labute approximate surface area is 168 Å². The second-order valence-electron chi connectivity index (χ2n) is 6.70. The van der Waals surface area contributed by atoms with Gasteiger partial charge in [0.25, 0.3) is 0 Å². The standard InChI is InChI=1S/C20H22N6O3/c1-28-16-7-5-15(6-8-16)17-3-2-4-18(22-17)19-13-25(11-12-29-19)20(27)9-10-26-14-21-23-24-26/h2-8,14,19H,9-13H2,1H3/t19-/m0/s1. The van der Waals surface area contributed by atoms with Gasteiger partial charge in [-0.05, 0) is 46.8 Å². The Morgan fingerprint density at radius 3 is 2.86 bits per heavy atom. The van der Waals surface area contributed by atoms with Crippen LogP contribution in [0.2, 0.25) is 0 Å². The minimum absolute atomic E-state index is 0.0557. The number of tetrazole rings is 1. The highest BCUT2D eigenvalue weighted by Crippen LogP contribution is 2.25. The number of benzene rings is 1. The SMILES string of the molecule is COc1ccc(-c2cccc([C@@H]3CN(C(=O)CCn4cnnn4)CCO3)n2)cc1. The van der Waals surface area contributed by atoms with Gasteiger partial charge in [-0.1, -0.05) is 6.07 Å². The maximum Gasteiger partial charge on any atom is 0.224 e. The first-order valence-electron chi connectivity index (χ1n) is 9.44. The molecular weight excluding hydrogens is 372 g/mol. The summed E-state index contributed by atoms with van der Waals surface area (Å²) in [5.41, 5.74) is 2.67. The number of carbonyl (C=O) groups is 1. The summed E-state index contributed by atoms with van der Waals surface area (Å²) in [6, 6.07) is 13.6. The van der Waals surface area contributed by atoms with Crippen LogP contribution < -0.4 is 4.74 Å². The van der Waals surface area contributed by atoms with Crippen LogP contribution in [0.5, 0.6) is 5.75 Å². The minimum Gasteiger partial charge on any atom is -0.497 e. The van der Waals surface area contributed by atoms with E-state index in [-0.39, 0.29) is 12.0 Å². The minimum atomic E-state index is -0.251. The summed E-state index contributed by atoms with van der Waals surface area (Å²) < 4.78 is 12.7. The number of pyridine rings is 1. The van der Waals surface area contributed by atoms with Crippen LogP contribution >= 0.6 is 0 Å². The molecule has 3 aromatic rings. The molecule has 0 bridgehead atoms. The highest BCUT2D eigenvalue weighted by atomic mass is 16.5. The molecule has 0 saturated carbocycles. The lowest BCUT2D eigenvalue weighted by Crippen LogP contribution is -2.42. The molecule has 1 aliphatic heterocycles. The molecule has 1 fully saturated rings. The van der Waals surface area contributed by atoms with E-state index < -0.39 is 0 Å². The van der Waals surface area contributed by atoms with Gasteiger partial charge in [0, 0.05) is 18.5 Å². The number of rotatable bonds is 6. The Bertz CT molecular complexity index is 945. The van der Waals surface area contributed by atoms with Crippen molar-refractivity contribution in [3.05, 3.63) is 54.5 Å². The maximum absolute atomic E-state index is 12.6. The predicted molar refractivity (Wildman–Crippen MR) is 104 cm³/mol. The molecule has 29 heavy (non-hydrogen) atoms. The predicted octanol–water partition coefficient (Wildman–Crippen LogP) is 1.73. The number of carbonyl (C=O) groups excluding carboxylic acids is 1. The first kappa shape index (κ1) is 19.0. The fourth-order valence-corrected chi connectivity index (χ4v) is 3.26. The van der Waals surface area contributed by atoms with E-state index in [9.17, 15) is 4.79 Å². The van der Waals surface area contributed by atoms with Gasteiger partial charge in [0.05, 0.1) is 38.2 Å². The summed E-state index contributed by atoms with van der Waals surface area (Å²) in [6.07, 6.45) is 1.60. The van der Waals surface area contributed by atoms with Crippen molar-refractivity contribution < 1.29 is 14.3 Å². The van der Waals surface area contributed by atoms with Crippen molar-refractivity contribution in [1.82, 2.24) is 30.1 Å². The van der Waals surface area contributed by atoms with Crippen molar-refractivity contribution in [2.75, 3.05) is 26.8 Å². The molecular formula is C20H22N6O3. The van der Waals surface area contributed by atoms with Crippen molar-refractivity contribution in [3.8, 4) is 17.0 Å². The van der Waals surface area contributed by atoms with Gasteiger partial charge in [-0.15, -0.1) is 5.10 Å². The van der Waals surface area contributed by atoms with Gasteiger partial charge in [-0.3, -0.25) is 4.79 Å². The van der Waals surface area contributed by atoms with Gasteiger partial charge in [0.15, 0.2) is 0 Å². The first-order chi connectivity index (χ1) is 14.2. The van der Waals surface area contributed by atoms with Crippen LogP contribution in [0.1, 0.15) is 18.2 Å². The number of aryl methyl sites for hydroxylation is 1. The molecule has 3 heterocycles. The van der Waals surface area contributed by atoms with Gasteiger partial charge in [0.1, 0.15) is 18.2 Å². The molecule has 0 unspecified atom stereocenters. The van der Waals surface area contributed by atoms with E-state index in [1.165, 1.54) is 6.33 Å². The number of hydrogen-bond acceptors (Lipinski definition) is 7. The van der Waals surface area contributed by atoms with E-state index >= 15 is 0 Å². The molecule has 2 aromatic heterocycles. The Hall–Kier alpha value is -3.33. The number of morpholine rings is 1. The second-order valence-corrected chi connectivity index (χ2v) is 6.70. The lowest BCUT2D eigenvalue weighted by molar-refractivity contribution is -0.139. The van der Waals surface area contributed by atoms with Crippen molar-refractivity contribution in [2.45, 2.75) is 19.1 Å². The zero-order chi connectivity index (χ0) is 20.1. The summed E-state index contributed by atoms with van der Waals surface area (Å²) in [5, 5.41) is 10.9. The fourth-order valence-electron chi connectivity index (χ4n) is 3.26. The molecule has 0 N–H and O–H groups in total. The van der Waals surface area contributed by atoms with Crippen LogP contribution in [0.4, 0.5) is 0 Å². The summed E-state index contributed by atoms with van der Waals surface area (Å²) in [6.45, 7) is 1.99. The Balaban J connectivity index is 1.43. The quantitative estimate of drug-likeness (QED) is 0.628. The van der Waals surface area contributed by atoms with E-state index in [2.05, 4.69) is 15.5 Å². The van der Waals surface area contributed by atoms with Crippen molar-refractivity contribution >= 4 is 5.91 Å². The molecule has 1 aliphatic rings. The topological polar surface area (TPSA) is 95.3 Å². The summed E-state index contributed by atoms with van der Waals surface area (Å²) >= 11 is 0. The number of methoxy groups -OCH3 is 1. The second kappa shape index (κ2) is 8.78. The maximum atomic E-state index is 12.6. The number of ether oxygens (including phenoxy) is 2. The van der Waals surface area contributed by atoms with E-state index in [0.29, 0.717) is 32.7 Å². The number of amides is 1. The first-order valence-corrected chi connectivity index (χ1v) is 9.44. The van der Waals surface area contributed by atoms with Crippen LogP contribution in [-0.2, 0) is 16.1 Å². The van der Waals surface area contributed by atoms with Crippen molar-refractivity contribution in [2.24, 2.45) is 0 Å². The number of aromatic nitrogens is 5. The third-order valence-electron chi connectivity index (χ3n) is 4.85. The Morgan fingerprint density at radius 1 is 1.24 bits per heavy atom. The third-order valence-corrected chi connectivity index (χ3v) is 4.85. The van der Waals surface area contributed by atoms with Crippen LogP contribution in [0.25, 0.3) is 11.3 Å². The normalized spacial score (nSPS) is 16.6. The zero-order valence-electron chi connectivity index (χ0n) is 16.1. The average Bonchev–Trinajstić information content (AvgIpc) is 3.31. The van der Waals surface area contributed by atoms with Gasteiger partial charge < -0.3 is 14.4 Å². The molecule has 0 radical (unpaired) electrons. The Kier molecular flexibility index (Phi) is 5.76. The Morgan fingerprint density at radius 2 is 2.10 bits per heavy atom. The highest BCUT2D eigenvalue weighted by Gasteiger charge is 2.26. The van der Waals surface area contributed by atoms with Crippen LogP contribution in [0.3, 0.4) is 0 Å². The molecule has 150 valence electrons. The highest BCUT2D eigenvalue weighted by molar-refractivity contribution is 5.76. The fraction of sp³-hybridized carbons (Fsp3) is 0.350. The number of nitrogens with zero attached hydrogens (tertiary/aromatic N) is 6. The third kappa shape index (κ3) is 4.57. The van der Waals surface area contributed by atoms with Gasteiger partial charge in [-0.2, -0.15) is 0 Å². The molecule has 4 rings (SSSR count). The number of hydrogen-bond donors (Lipinski definition) is 0. The van der Waals surface area contributed by atoms with Gasteiger partial charge in [-0.25, -0.2) is 9.67 Å². The molecule has 9 heteroatoms. The smallest absolute Gasteiger partial charge is 0.224 e. The zero-order valence-corrected chi connectivity index (χ0v) is 16.1. The van der Waals surface area contributed by atoms with E-state index in [1.54, 1.807) is 11.8 Å². The molecule has 1 amide bonds. The summed E-state index contributed by atoms with van der Waals surface area (Å²) in [4.78, 5) is 19.2. The molecule has 0 spiro atoms. The van der Waals surface area contributed by atoms with E-state index in [0.717, 1.165) is 22.7 Å². The average molecular weight is 394 g/mol. The monoisotopic (exact) mass is 394 g/mol. The van der Waals surface area contributed by atoms with Gasteiger partial charge >= 0.3 is 0 Å². The molecule has 1 saturated heterocycles. The van der Waals surface area contributed by atoms with E-state index in [1.807, 2.05) is 47.4 Å². The van der Waals surface area contributed by atoms with Crippen LogP contribution in [0.15, 0.2) is 48.8 Å². The molecule has 0 aliphatic carbocycles. The molecule has 1 atom stereocenters.